The quantitative estimate of drug-likeness (QED) is 0.498. The number of aromatic nitrogens is 7. The van der Waals surface area contributed by atoms with E-state index in [9.17, 15) is 4.79 Å². The van der Waals surface area contributed by atoms with E-state index in [1.807, 2.05) is 24.3 Å². The van der Waals surface area contributed by atoms with Crippen molar-refractivity contribution in [3.63, 3.8) is 0 Å². The summed E-state index contributed by atoms with van der Waals surface area (Å²) < 4.78 is 6.75. The minimum absolute atomic E-state index is 0.306. The molecule has 2 aromatic heterocycles. The zero-order valence-corrected chi connectivity index (χ0v) is 16.0. The molecule has 146 valence electrons. The Morgan fingerprint density at radius 1 is 1.31 bits per heavy atom. The van der Waals surface area contributed by atoms with Crippen molar-refractivity contribution in [1.82, 2.24) is 40.7 Å². The molecule has 2 aromatic carbocycles. The zero-order valence-electron chi connectivity index (χ0n) is 15.2. The molecule has 11 heteroatoms. The summed E-state index contributed by atoms with van der Waals surface area (Å²) in [6.07, 6.45) is 2.85. The smallest absolute Gasteiger partial charge is 0.255 e. The molecule has 0 spiro atoms. The second-order valence-electron chi connectivity index (χ2n) is 5.98. The van der Waals surface area contributed by atoms with Crippen LogP contribution in [0.5, 0.6) is 5.75 Å². The maximum absolute atomic E-state index is 12.7. The maximum Gasteiger partial charge on any atom is 0.255 e. The Bertz CT molecular complexity index is 1130. The monoisotopic (exact) mass is 410 g/mol. The molecular formula is C18H15ClN8O2. The van der Waals surface area contributed by atoms with Gasteiger partial charge in [-0.2, -0.15) is 9.78 Å². The Balaban J connectivity index is 1.53. The number of tetrazole rings is 1. The number of ether oxygens (including phenoxy) is 1. The fraction of sp³-hybridized carbons (Fsp3) is 0.111. The van der Waals surface area contributed by atoms with Gasteiger partial charge in [0, 0.05) is 18.2 Å². The third-order valence-electron chi connectivity index (χ3n) is 4.18. The molecule has 2 heterocycles. The van der Waals surface area contributed by atoms with Crippen molar-refractivity contribution in [1.29, 1.82) is 0 Å². The number of hydrogen-bond acceptors (Lipinski definition) is 7. The topological polar surface area (TPSA) is 124 Å². The predicted molar refractivity (Wildman–Crippen MR) is 104 cm³/mol. The van der Waals surface area contributed by atoms with Crippen LogP contribution in [0, 0.1) is 0 Å². The first-order chi connectivity index (χ1) is 14.2. The van der Waals surface area contributed by atoms with Gasteiger partial charge in [-0.3, -0.25) is 9.89 Å². The van der Waals surface area contributed by atoms with Gasteiger partial charge in [0.05, 0.1) is 23.4 Å². The summed E-state index contributed by atoms with van der Waals surface area (Å²) in [5, 5.41) is 20.8. The number of rotatable bonds is 6. The molecule has 0 radical (unpaired) electrons. The summed E-state index contributed by atoms with van der Waals surface area (Å²) in [5.41, 5.74) is 2.59. The average Bonchev–Trinajstić information content (AvgIpc) is 3.46. The summed E-state index contributed by atoms with van der Waals surface area (Å²) in [6, 6.07) is 10.8. The van der Waals surface area contributed by atoms with Crippen molar-refractivity contribution in [3.8, 4) is 22.8 Å². The van der Waals surface area contributed by atoms with Crippen LogP contribution in [-0.4, -0.2) is 48.4 Å². The third-order valence-corrected chi connectivity index (χ3v) is 4.48. The van der Waals surface area contributed by atoms with E-state index >= 15 is 0 Å². The number of carbonyl (C=O) groups is 1. The highest BCUT2D eigenvalue weighted by atomic mass is 35.5. The van der Waals surface area contributed by atoms with Crippen LogP contribution < -0.4 is 10.1 Å². The zero-order chi connectivity index (χ0) is 20.2. The van der Waals surface area contributed by atoms with Gasteiger partial charge in [0.2, 0.25) is 0 Å². The fourth-order valence-corrected chi connectivity index (χ4v) is 3.04. The standard InChI is InChI=1S/C18H15ClN8O2/c1-29-16-7-15(27-10-23-25-26-27)14(19)6-13(16)18(28)20-8-11-3-2-4-12(5-11)17-21-9-22-24-17/h2-7,9-10H,8H2,1H3,(H,20,28)(H,21,22,24). The average molecular weight is 411 g/mol. The van der Waals surface area contributed by atoms with Gasteiger partial charge in [-0.05, 0) is 28.1 Å². The number of methoxy groups -OCH3 is 1. The van der Waals surface area contributed by atoms with E-state index in [4.69, 9.17) is 16.3 Å². The van der Waals surface area contributed by atoms with Gasteiger partial charge in [-0.1, -0.05) is 29.8 Å². The van der Waals surface area contributed by atoms with Crippen LogP contribution in [0.4, 0.5) is 0 Å². The Morgan fingerprint density at radius 2 is 2.21 bits per heavy atom. The largest absolute Gasteiger partial charge is 0.496 e. The third kappa shape index (κ3) is 3.92. The van der Waals surface area contributed by atoms with Crippen LogP contribution in [0.2, 0.25) is 5.02 Å². The van der Waals surface area contributed by atoms with Gasteiger partial charge in [0.15, 0.2) is 5.82 Å². The Kier molecular flexibility index (Phi) is 5.16. The Morgan fingerprint density at radius 3 is 2.93 bits per heavy atom. The lowest BCUT2D eigenvalue weighted by Crippen LogP contribution is -2.23. The minimum atomic E-state index is -0.322. The van der Waals surface area contributed by atoms with Gasteiger partial charge < -0.3 is 10.1 Å². The number of nitrogens with one attached hydrogen (secondary N) is 2. The SMILES string of the molecule is COc1cc(-n2cnnn2)c(Cl)cc1C(=O)NCc1cccc(-c2ncn[nH]2)c1. The van der Waals surface area contributed by atoms with Crippen LogP contribution in [0.1, 0.15) is 15.9 Å². The second kappa shape index (κ2) is 8.07. The highest BCUT2D eigenvalue weighted by Gasteiger charge is 2.17. The van der Waals surface area contributed by atoms with E-state index < -0.39 is 0 Å². The molecule has 4 aromatic rings. The molecule has 0 unspecified atom stereocenters. The number of halogens is 1. The van der Waals surface area contributed by atoms with Gasteiger partial charge in [-0.15, -0.1) is 5.10 Å². The number of H-pyrrole nitrogens is 1. The predicted octanol–water partition coefficient (Wildman–Crippen LogP) is 2.04. The lowest BCUT2D eigenvalue weighted by atomic mass is 10.1. The molecule has 0 aliphatic carbocycles. The maximum atomic E-state index is 12.7. The van der Waals surface area contributed by atoms with E-state index in [0.717, 1.165) is 11.1 Å². The van der Waals surface area contributed by atoms with Gasteiger partial charge in [-0.25, -0.2) is 4.98 Å². The molecule has 0 atom stereocenters. The molecule has 4 rings (SSSR count). The summed E-state index contributed by atoms with van der Waals surface area (Å²) in [5.74, 6) is 0.690. The molecular weight excluding hydrogens is 396 g/mol. The second-order valence-corrected chi connectivity index (χ2v) is 6.38. The first-order valence-corrected chi connectivity index (χ1v) is 8.87. The number of nitrogens with zero attached hydrogens (tertiary/aromatic N) is 6. The van der Waals surface area contributed by atoms with Crippen molar-refractivity contribution < 1.29 is 9.53 Å². The van der Waals surface area contributed by atoms with E-state index in [2.05, 4.69) is 36.0 Å². The molecule has 0 aliphatic rings. The van der Waals surface area contributed by atoms with E-state index in [0.29, 0.717) is 34.4 Å². The fourth-order valence-electron chi connectivity index (χ4n) is 2.79. The number of amides is 1. The first kappa shape index (κ1) is 18.6. The van der Waals surface area contributed by atoms with Crippen molar-refractivity contribution in [2.75, 3.05) is 7.11 Å². The molecule has 10 nitrogen and oxygen atoms in total. The number of aromatic amines is 1. The lowest BCUT2D eigenvalue weighted by Gasteiger charge is -2.13. The highest BCUT2D eigenvalue weighted by Crippen LogP contribution is 2.29. The van der Waals surface area contributed by atoms with E-state index in [1.165, 1.54) is 30.5 Å². The van der Waals surface area contributed by atoms with E-state index in [-0.39, 0.29) is 5.91 Å². The molecule has 1 amide bonds. The molecule has 0 aliphatic heterocycles. The van der Waals surface area contributed by atoms with Crippen molar-refractivity contribution in [2.45, 2.75) is 6.54 Å². The van der Waals surface area contributed by atoms with Crippen LogP contribution in [0.15, 0.2) is 49.1 Å². The highest BCUT2D eigenvalue weighted by molar-refractivity contribution is 6.33. The van der Waals surface area contributed by atoms with Gasteiger partial charge >= 0.3 is 0 Å². The van der Waals surface area contributed by atoms with Crippen LogP contribution >= 0.6 is 11.6 Å². The van der Waals surface area contributed by atoms with Gasteiger partial charge in [0.25, 0.3) is 5.91 Å². The molecule has 29 heavy (non-hydrogen) atoms. The molecule has 0 saturated heterocycles. The molecule has 2 N–H and O–H groups in total. The number of carbonyl (C=O) groups excluding carboxylic acids is 1. The number of benzene rings is 2. The first-order valence-electron chi connectivity index (χ1n) is 8.49. The van der Waals surface area contributed by atoms with Crippen LogP contribution in [0.3, 0.4) is 0 Å². The summed E-state index contributed by atoms with van der Waals surface area (Å²) in [6.45, 7) is 0.316. The summed E-state index contributed by atoms with van der Waals surface area (Å²) in [4.78, 5) is 16.9. The van der Waals surface area contributed by atoms with Crippen LogP contribution in [0.25, 0.3) is 17.1 Å². The normalized spacial score (nSPS) is 10.7. The summed E-state index contributed by atoms with van der Waals surface area (Å²) >= 11 is 6.32. The Labute approximate surface area is 169 Å². The van der Waals surface area contributed by atoms with Crippen molar-refractivity contribution >= 4 is 17.5 Å². The minimum Gasteiger partial charge on any atom is -0.496 e. The van der Waals surface area contributed by atoms with E-state index in [1.54, 1.807) is 6.07 Å². The molecule has 0 fully saturated rings. The van der Waals surface area contributed by atoms with Crippen LogP contribution in [-0.2, 0) is 6.54 Å². The number of hydrogen-bond donors (Lipinski definition) is 2. The molecule has 0 bridgehead atoms. The van der Waals surface area contributed by atoms with Gasteiger partial charge in [0.1, 0.15) is 18.4 Å². The van der Waals surface area contributed by atoms with Crippen molar-refractivity contribution in [2.24, 2.45) is 0 Å². The lowest BCUT2D eigenvalue weighted by molar-refractivity contribution is 0.0948. The Hall–Kier alpha value is -3.79. The van der Waals surface area contributed by atoms with Crippen molar-refractivity contribution in [3.05, 3.63) is 65.2 Å². The summed E-state index contributed by atoms with van der Waals surface area (Å²) in [7, 11) is 1.48. The molecule has 0 saturated carbocycles.